The Morgan fingerprint density at radius 3 is 2.13 bits per heavy atom. The first-order chi connectivity index (χ1) is 12.7. The van der Waals surface area contributed by atoms with Crippen LogP contribution in [0.2, 0.25) is 0 Å². The van der Waals surface area contributed by atoms with E-state index in [2.05, 4.69) is 21.0 Å². The fraction of sp³-hybridized carbons (Fsp3) is 0.400. The zero-order valence-corrected chi connectivity index (χ0v) is 24.4. The number of halogens is 1. The number of nitrogens with zero attached hydrogens (tertiary/aromatic N) is 1. The topological polar surface area (TPSA) is 156 Å². The molecule has 1 aromatic heterocycles. The molecule has 0 bridgehead atoms. The van der Waals surface area contributed by atoms with Crippen molar-refractivity contribution in [2.75, 3.05) is 6.61 Å². The van der Waals surface area contributed by atoms with Crippen LogP contribution in [0.1, 0.15) is 26.5 Å². The average molecular weight is 545 g/mol. The Balaban J connectivity index is 0.00000420. The molecule has 0 aliphatic carbocycles. The van der Waals surface area contributed by atoms with Gasteiger partial charge < -0.3 is 4.74 Å². The second kappa shape index (κ2) is 11.1. The summed E-state index contributed by atoms with van der Waals surface area (Å²) in [6.07, 6.45) is 0.297. The number of aromatic amines is 1. The first kappa shape index (κ1) is 30.5. The van der Waals surface area contributed by atoms with Gasteiger partial charge in [0.2, 0.25) is 0 Å². The van der Waals surface area contributed by atoms with E-state index in [0.717, 1.165) is 10.7 Å². The van der Waals surface area contributed by atoms with Crippen molar-refractivity contribution in [2.24, 2.45) is 0 Å². The zero-order chi connectivity index (χ0) is 21.5. The van der Waals surface area contributed by atoms with Gasteiger partial charge in [0.15, 0.2) is 0 Å². The van der Waals surface area contributed by atoms with Crippen LogP contribution in [0.3, 0.4) is 0 Å². The van der Waals surface area contributed by atoms with E-state index in [1.807, 2.05) is 20.8 Å². The molecule has 0 saturated heterocycles. The van der Waals surface area contributed by atoms with Crippen molar-refractivity contribution in [2.45, 2.75) is 42.6 Å². The van der Waals surface area contributed by atoms with Crippen molar-refractivity contribution in [3.63, 3.8) is 0 Å². The molecule has 2 aromatic rings. The first-order valence-electron chi connectivity index (χ1n) is 7.89. The van der Waals surface area contributed by atoms with Crippen LogP contribution in [0.4, 0.5) is 0 Å². The smallest absolute Gasteiger partial charge is 0.296 e. The van der Waals surface area contributed by atoms with Gasteiger partial charge in [-0.15, -0.1) is 0 Å². The number of hydrogen-bond acceptors (Lipinski definition) is 6. The minimum atomic E-state index is -4.95. The van der Waals surface area contributed by atoms with Crippen LogP contribution in [0, 0.1) is 0 Å². The van der Waals surface area contributed by atoms with Gasteiger partial charge in [-0.1, -0.05) is 0 Å². The molecule has 0 saturated carbocycles. The number of H-pyrrole nitrogens is 1. The van der Waals surface area contributed by atoms with E-state index in [4.69, 9.17) is 4.74 Å². The van der Waals surface area contributed by atoms with E-state index in [0.29, 0.717) is 24.8 Å². The van der Waals surface area contributed by atoms with Crippen LogP contribution in [0.25, 0.3) is 5.69 Å². The van der Waals surface area contributed by atoms with Gasteiger partial charge >= 0.3 is 0 Å². The summed E-state index contributed by atoms with van der Waals surface area (Å²) >= 11 is 2.99. The van der Waals surface area contributed by atoms with Gasteiger partial charge in [0.25, 0.3) is 25.8 Å². The molecule has 0 atom stereocenters. The average Bonchev–Trinajstić information content (AvgIpc) is 2.83. The normalized spacial score (nSPS) is 12.2. The molecule has 0 unspecified atom stereocenters. The SMILES string of the molecule is CCOC(C)(C)Cc1cc(=O)n(-c2c(Br)cc(S(=O)(=O)O)cc2S(=O)(=O)O)[nH]1.[Na].[Na]. The molecule has 1 aromatic carbocycles. The fourth-order valence-electron chi connectivity index (χ4n) is 2.71. The Hall–Kier alpha value is 0.490. The molecule has 0 amide bonds. The van der Waals surface area contributed by atoms with Crippen LogP contribution < -0.4 is 5.56 Å². The van der Waals surface area contributed by atoms with Crippen LogP contribution in [-0.4, -0.2) is 107 Å². The molecule has 3 N–H and O–H groups in total. The quantitative estimate of drug-likeness (QED) is 0.344. The van der Waals surface area contributed by atoms with E-state index in [1.165, 1.54) is 6.07 Å². The molecular formula is C15H19BrN2Na2O8S2. The van der Waals surface area contributed by atoms with Crippen molar-refractivity contribution in [1.82, 2.24) is 9.78 Å². The third kappa shape index (κ3) is 7.52. The number of benzene rings is 1. The Morgan fingerprint density at radius 1 is 1.10 bits per heavy atom. The predicted octanol–water partition coefficient (Wildman–Crippen LogP) is 1.02. The second-order valence-electron chi connectivity index (χ2n) is 6.53. The van der Waals surface area contributed by atoms with Crippen LogP contribution >= 0.6 is 15.9 Å². The molecule has 2 rings (SSSR count). The van der Waals surface area contributed by atoms with Crippen LogP contribution in [-0.2, 0) is 31.4 Å². The molecule has 0 aliphatic rings. The van der Waals surface area contributed by atoms with E-state index in [-0.39, 0.29) is 69.3 Å². The van der Waals surface area contributed by atoms with Crippen LogP contribution in [0.15, 0.2) is 37.3 Å². The maximum Gasteiger partial charge on any atom is 0.296 e. The molecular weight excluding hydrogens is 526 g/mol. The third-order valence-corrected chi connectivity index (χ3v) is 6.03. The summed E-state index contributed by atoms with van der Waals surface area (Å²) < 4.78 is 71.3. The van der Waals surface area contributed by atoms with Crippen molar-refractivity contribution < 1.29 is 30.7 Å². The number of hydrogen-bond donors (Lipinski definition) is 3. The summed E-state index contributed by atoms with van der Waals surface area (Å²) in [4.78, 5) is 10.8. The maximum atomic E-state index is 12.4. The predicted molar refractivity (Wildman–Crippen MR) is 115 cm³/mol. The van der Waals surface area contributed by atoms with E-state index < -0.39 is 41.2 Å². The van der Waals surface area contributed by atoms with Gasteiger partial charge in [0.1, 0.15) is 10.6 Å². The molecule has 0 aliphatic heterocycles. The molecule has 2 radical (unpaired) electrons. The summed E-state index contributed by atoms with van der Waals surface area (Å²) in [5.74, 6) is 0. The number of nitrogens with one attached hydrogen (secondary N) is 1. The van der Waals surface area contributed by atoms with Crippen molar-refractivity contribution in [3.05, 3.63) is 38.7 Å². The Morgan fingerprint density at radius 2 is 1.67 bits per heavy atom. The molecule has 158 valence electrons. The van der Waals surface area contributed by atoms with Gasteiger partial charge in [-0.2, -0.15) is 16.8 Å². The molecule has 10 nitrogen and oxygen atoms in total. The van der Waals surface area contributed by atoms with Gasteiger partial charge in [0, 0.05) is 88.4 Å². The Labute approximate surface area is 227 Å². The first-order valence-corrected chi connectivity index (χ1v) is 11.6. The summed E-state index contributed by atoms with van der Waals surface area (Å²) in [7, 11) is -9.71. The van der Waals surface area contributed by atoms with E-state index >= 15 is 0 Å². The van der Waals surface area contributed by atoms with Crippen molar-refractivity contribution >= 4 is 95.3 Å². The number of ether oxygens (including phenoxy) is 1. The van der Waals surface area contributed by atoms with Crippen molar-refractivity contribution in [3.8, 4) is 5.69 Å². The summed E-state index contributed by atoms with van der Waals surface area (Å²) in [6, 6.07) is 2.70. The third-order valence-electron chi connectivity index (χ3n) is 3.73. The minimum absolute atomic E-state index is 0. The van der Waals surface area contributed by atoms with E-state index in [1.54, 1.807) is 0 Å². The summed E-state index contributed by atoms with van der Waals surface area (Å²) in [5, 5.41) is 2.73. The fourth-order valence-corrected chi connectivity index (χ4v) is 4.96. The van der Waals surface area contributed by atoms with Crippen molar-refractivity contribution in [1.29, 1.82) is 0 Å². The van der Waals surface area contributed by atoms with E-state index in [9.17, 15) is 30.7 Å². The number of aromatic nitrogens is 2. The molecule has 15 heteroatoms. The standard InChI is InChI=1S/C15H19BrN2O8S2.2Na/c1-4-26-15(2,3)8-9-5-13(19)18(17-9)14-11(16)6-10(27(20,21)22)7-12(14)28(23,24)25;;/h5-7,17H,4,8H2,1-3H3,(H,20,21,22)(H,23,24,25);;. The summed E-state index contributed by atoms with van der Waals surface area (Å²) in [6.45, 7) is 5.90. The minimum Gasteiger partial charge on any atom is -0.375 e. The molecule has 0 fully saturated rings. The largest absolute Gasteiger partial charge is 0.375 e. The molecule has 30 heavy (non-hydrogen) atoms. The number of rotatable bonds is 7. The Kier molecular flexibility index (Phi) is 11.3. The Bertz CT molecular complexity index is 1170. The zero-order valence-electron chi connectivity index (χ0n) is 17.1. The monoisotopic (exact) mass is 544 g/mol. The molecule has 1 heterocycles. The maximum absolute atomic E-state index is 12.4. The molecule has 0 spiro atoms. The van der Waals surface area contributed by atoms with Gasteiger partial charge in [0.05, 0.1) is 10.5 Å². The van der Waals surface area contributed by atoms with Gasteiger partial charge in [-0.3, -0.25) is 19.0 Å². The summed E-state index contributed by atoms with van der Waals surface area (Å²) in [5.41, 5.74) is -1.16. The van der Waals surface area contributed by atoms with Gasteiger partial charge in [-0.25, -0.2) is 4.68 Å². The van der Waals surface area contributed by atoms with Crippen LogP contribution in [0.5, 0.6) is 0 Å². The van der Waals surface area contributed by atoms with Gasteiger partial charge in [-0.05, 0) is 48.8 Å². The second-order valence-corrected chi connectivity index (χ2v) is 10.2.